The van der Waals surface area contributed by atoms with Crippen molar-refractivity contribution >= 4 is 17.7 Å². The van der Waals surface area contributed by atoms with Crippen molar-refractivity contribution in [3.8, 4) is 0 Å². The highest BCUT2D eigenvalue weighted by atomic mass is 32.2. The maximum atomic E-state index is 11.6. The molecule has 1 aliphatic rings. The van der Waals surface area contributed by atoms with Crippen LogP contribution in [0.25, 0.3) is 0 Å². The zero-order valence-corrected chi connectivity index (χ0v) is 14.2. The zero-order valence-electron chi connectivity index (χ0n) is 13.4. The summed E-state index contributed by atoms with van der Waals surface area (Å²) >= 11 is 2.13. The number of amides is 1. The summed E-state index contributed by atoms with van der Waals surface area (Å²) in [5, 5.41) is 4.20. The Labute approximate surface area is 128 Å². The fourth-order valence-corrected chi connectivity index (χ4v) is 4.34. The molecule has 3 nitrogen and oxygen atoms in total. The number of nitrogens with one attached hydrogen (secondary N) is 1. The number of carbonyl (C=O) groups excluding carboxylic acids is 1. The van der Waals surface area contributed by atoms with Crippen molar-refractivity contribution < 1.29 is 4.79 Å². The van der Waals surface area contributed by atoms with Gasteiger partial charge in [-0.25, -0.2) is 0 Å². The molecular weight excluding hydrogens is 268 g/mol. The SMILES string of the molecule is CC(C)NC(C)(CCCCSC1CCCCC1)C(N)=O. The van der Waals surface area contributed by atoms with Gasteiger partial charge >= 0.3 is 0 Å². The van der Waals surface area contributed by atoms with Crippen LogP contribution >= 0.6 is 11.8 Å². The van der Waals surface area contributed by atoms with Crippen LogP contribution in [0.4, 0.5) is 0 Å². The van der Waals surface area contributed by atoms with Crippen LogP contribution in [0.1, 0.15) is 72.1 Å². The number of hydrogen-bond donors (Lipinski definition) is 2. The number of carbonyl (C=O) groups is 1. The highest BCUT2D eigenvalue weighted by Crippen LogP contribution is 2.29. The molecule has 118 valence electrons. The minimum Gasteiger partial charge on any atom is -0.368 e. The normalized spacial score (nSPS) is 20.0. The molecule has 20 heavy (non-hydrogen) atoms. The summed E-state index contributed by atoms with van der Waals surface area (Å²) in [7, 11) is 0. The zero-order chi connectivity index (χ0) is 15.0. The molecule has 0 saturated heterocycles. The van der Waals surface area contributed by atoms with Gasteiger partial charge in [0.1, 0.15) is 0 Å². The van der Waals surface area contributed by atoms with Gasteiger partial charge < -0.3 is 11.1 Å². The fourth-order valence-electron chi connectivity index (χ4n) is 2.97. The summed E-state index contributed by atoms with van der Waals surface area (Å²) in [6, 6.07) is 0.282. The van der Waals surface area contributed by atoms with Crippen LogP contribution in [-0.2, 0) is 4.79 Å². The molecule has 0 aromatic rings. The first kappa shape index (κ1) is 17.8. The first-order valence-electron chi connectivity index (χ1n) is 8.13. The van der Waals surface area contributed by atoms with Gasteiger partial charge in [-0.15, -0.1) is 0 Å². The summed E-state index contributed by atoms with van der Waals surface area (Å²) in [4.78, 5) is 11.6. The highest BCUT2D eigenvalue weighted by molar-refractivity contribution is 7.99. The Bertz CT molecular complexity index is 290. The first-order valence-corrected chi connectivity index (χ1v) is 9.18. The predicted octanol–water partition coefficient (Wildman–Crippen LogP) is 3.46. The molecular formula is C16H32N2OS. The van der Waals surface area contributed by atoms with Gasteiger partial charge in [0.25, 0.3) is 0 Å². The van der Waals surface area contributed by atoms with Crippen molar-refractivity contribution in [2.45, 2.75) is 89.0 Å². The van der Waals surface area contributed by atoms with Crippen LogP contribution in [0, 0.1) is 0 Å². The maximum Gasteiger partial charge on any atom is 0.237 e. The summed E-state index contributed by atoms with van der Waals surface area (Å²) in [5.41, 5.74) is 4.99. The number of unbranched alkanes of at least 4 members (excludes halogenated alkanes) is 1. The van der Waals surface area contributed by atoms with E-state index >= 15 is 0 Å². The fraction of sp³-hybridized carbons (Fsp3) is 0.938. The van der Waals surface area contributed by atoms with Gasteiger partial charge in [0.05, 0.1) is 5.54 Å². The largest absolute Gasteiger partial charge is 0.368 e. The topological polar surface area (TPSA) is 55.1 Å². The Morgan fingerprint density at radius 3 is 2.50 bits per heavy atom. The van der Waals surface area contributed by atoms with E-state index in [0.717, 1.165) is 18.1 Å². The number of thioether (sulfide) groups is 1. The second-order valence-corrected chi connectivity index (χ2v) is 7.99. The van der Waals surface area contributed by atoms with Crippen LogP contribution in [0.5, 0.6) is 0 Å². The summed E-state index contributed by atoms with van der Waals surface area (Å²) in [6.45, 7) is 6.05. The lowest BCUT2D eigenvalue weighted by Gasteiger charge is -2.30. The second kappa shape index (κ2) is 8.93. The smallest absolute Gasteiger partial charge is 0.237 e. The molecule has 3 N–H and O–H groups in total. The van der Waals surface area contributed by atoms with Gasteiger partial charge in [0, 0.05) is 11.3 Å². The van der Waals surface area contributed by atoms with E-state index in [1.54, 1.807) is 0 Å². The van der Waals surface area contributed by atoms with Gasteiger partial charge in [0.15, 0.2) is 0 Å². The Morgan fingerprint density at radius 1 is 1.30 bits per heavy atom. The molecule has 1 unspecified atom stereocenters. The molecule has 0 spiro atoms. The monoisotopic (exact) mass is 300 g/mol. The van der Waals surface area contributed by atoms with E-state index in [1.807, 2.05) is 6.92 Å². The lowest BCUT2D eigenvalue weighted by Crippen LogP contribution is -2.55. The number of nitrogens with two attached hydrogens (primary N) is 1. The number of rotatable bonds is 9. The van der Waals surface area contributed by atoms with E-state index in [1.165, 1.54) is 44.3 Å². The molecule has 1 fully saturated rings. The van der Waals surface area contributed by atoms with Crippen molar-refractivity contribution in [2.75, 3.05) is 5.75 Å². The summed E-state index contributed by atoms with van der Waals surface area (Å²) in [6.07, 6.45) is 10.1. The average Bonchev–Trinajstić information content (AvgIpc) is 2.38. The van der Waals surface area contributed by atoms with Crippen molar-refractivity contribution in [1.82, 2.24) is 5.32 Å². The third-order valence-corrected chi connectivity index (χ3v) is 5.60. The quantitative estimate of drug-likeness (QED) is 0.641. The Balaban J connectivity index is 2.18. The standard InChI is InChI=1S/C16H32N2OS/c1-13(2)18-16(3,15(17)19)11-7-8-12-20-14-9-5-4-6-10-14/h13-14,18H,4-12H2,1-3H3,(H2,17,19). The lowest BCUT2D eigenvalue weighted by molar-refractivity contribution is -0.124. The van der Waals surface area contributed by atoms with Gasteiger partial charge in [0.2, 0.25) is 5.91 Å². The van der Waals surface area contributed by atoms with Gasteiger partial charge in [-0.2, -0.15) is 11.8 Å². The van der Waals surface area contributed by atoms with Crippen LogP contribution in [0.15, 0.2) is 0 Å². The van der Waals surface area contributed by atoms with Gasteiger partial charge in [-0.1, -0.05) is 25.7 Å². The molecule has 1 rings (SSSR count). The Hall–Kier alpha value is -0.220. The molecule has 4 heteroatoms. The Morgan fingerprint density at radius 2 is 1.95 bits per heavy atom. The predicted molar refractivity (Wildman–Crippen MR) is 89.1 cm³/mol. The Kier molecular flexibility index (Phi) is 7.96. The molecule has 0 aromatic heterocycles. The van der Waals surface area contributed by atoms with Crippen molar-refractivity contribution in [2.24, 2.45) is 5.73 Å². The van der Waals surface area contributed by atoms with E-state index < -0.39 is 5.54 Å². The van der Waals surface area contributed by atoms with E-state index in [2.05, 4.69) is 30.9 Å². The average molecular weight is 301 g/mol. The van der Waals surface area contributed by atoms with E-state index in [4.69, 9.17) is 5.73 Å². The van der Waals surface area contributed by atoms with Crippen LogP contribution in [0.2, 0.25) is 0 Å². The molecule has 1 amide bonds. The number of hydrogen-bond acceptors (Lipinski definition) is 3. The molecule has 0 heterocycles. The molecule has 1 saturated carbocycles. The van der Waals surface area contributed by atoms with Crippen LogP contribution < -0.4 is 11.1 Å². The van der Waals surface area contributed by atoms with Gasteiger partial charge in [-0.3, -0.25) is 4.79 Å². The van der Waals surface area contributed by atoms with Gasteiger partial charge in [-0.05, 0) is 52.2 Å². The first-order chi connectivity index (χ1) is 9.44. The summed E-state index contributed by atoms with van der Waals surface area (Å²) < 4.78 is 0. The minimum absolute atomic E-state index is 0.230. The summed E-state index contributed by atoms with van der Waals surface area (Å²) in [5.74, 6) is 0.993. The maximum absolute atomic E-state index is 11.6. The molecule has 1 aliphatic carbocycles. The van der Waals surface area contributed by atoms with Crippen molar-refractivity contribution in [3.63, 3.8) is 0 Å². The second-order valence-electron chi connectivity index (χ2n) is 6.58. The third kappa shape index (κ3) is 6.49. The molecule has 0 bridgehead atoms. The molecule has 0 radical (unpaired) electrons. The molecule has 0 aliphatic heterocycles. The lowest BCUT2D eigenvalue weighted by atomic mass is 9.93. The molecule has 1 atom stereocenters. The number of primary amides is 1. The third-order valence-electron chi connectivity index (χ3n) is 4.13. The minimum atomic E-state index is -0.552. The van der Waals surface area contributed by atoms with Crippen LogP contribution in [0.3, 0.4) is 0 Å². The van der Waals surface area contributed by atoms with Crippen molar-refractivity contribution in [1.29, 1.82) is 0 Å². The van der Waals surface area contributed by atoms with E-state index in [0.29, 0.717) is 0 Å². The highest BCUT2D eigenvalue weighted by Gasteiger charge is 2.30. The van der Waals surface area contributed by atoms with E-state index in [9.17, 15) is 4.79 Å². The van der Waals surface area contributed by atoms with Crippen molar-refractivity contribution in [3.05, 3.63) is 0 Å². The molecule has 0 aromatic carbocycles. The van der Waals surface area contributed by atoms with E-state index in [-0.39, 0.29) is 11.9 Å². The van der Waals surface area contributed by atoms with Crippen LogP contribution in [-0.4, -0.2) is 28.5 Å².